The lowest BCUT2D eigenvalue weighted by Gasteiger charge is -2.42. The van der Waals surface area contributed by atoms with Gasteiger partial charge in [-0.2, -0.15) is 13.2 Å². The average molecular weight is 267 g/mol. The lowest BCUT2D eigenvalue weighted by atomic mass is 9.78. The first-order valence-electron chi connectivity index (χ1n) is 6.23. The second-order valence-corrected chi connectivity index (χ2v) is 5.29. The van der Waals surface area contributed by atoms with Crippen molar-refractivity contribution in [1.29, 1.82) is 0 Å². The Balaban J connectivity index is 2.82. The third-order valence-corrected chi connectivity index (χ3v) is 3.63. The number of alkyl halides is 3. The molecular formula is C12H20F3NO2. The van der Waals surface area contributed by atoms with Crippen LogP contribution in [0.1, 0.15) is 33.1 Å². The molecule has 18 heavy (non-hydrogen) atoms. The molecule has 1 N–H and O–H groups in total. The van der Waals surface area contributed by atoms with Crippen LogP contribution in [0.3, 0.4) is 0 Å². The molecule has 0 radical (unpaired) electrons. The van der Waals surface area contributed by atoms with Crippen LogP contribution in [-0.2, 0) is 4.79 Å². The Morgan fingerprint density at radius 2 is 1.78 bits per heavy atom. The fraction of sp³-hybridized carbons (Fsp3) is 0.917. The van der Waals surface area contributed by atoms with Gasteiger partial charge in [0.2, 0.25) is 0 Å². The molecule has 0 aromatic rings. The molecular weight excluding hydrogens is 247 g/mol. The topological polar surface area (TPSA) is 40.5 Å². The summed E-state index contributed by atoms with van der Waals surface area (Å²) in [5.74, 6) is -0.991. The Bertz CT molecular complexity index is 284. The predicted molar refractivity (Wildman–Crippen MR) is 61.2 cm³/mol. The first kappa shape index (κ1) is 15.3. The van der Waals surface area contributed by atoms with E-state index in [0.29, 0.717) is 0 Å². The van der Waals surface area contributed by atoms with E-state index in [4.69, 9.17) is 5.11 Å². The van der Waals surface area contributed by atoms with E-state index in [1.807, 2.05) is 13.8 Å². The van der Waals surface area contributed by atoms with E-state index < -0.39 is 25.2 Å². The molecule has 1 aliphatic carbocycles. The lowest BCUT2D eigenvalue weighted by Crippen LogP contribution is -2.51. The minimum Gasteiger partial charge on any atom is -0.480 e. The highest BCUT2D eigenvalue weighted by molar-refractivity contribution is 5.69. The maximum atomic E-state index is 12.5. The minimum atomic E-state index is -4.35. The van der Waals surface area contributed by atoms with Crippen molar-refractivity contribution in [3.63, 3.8) is 0 Å². The Morgan fingerprint density at radius 3 is 2.17 bits per heavy atom. The molecule has 3 nitrogen and oxygen atoms in total. The highest BCUT2D eigenvalue weighted by Crippen LogP contribution is 2.34. The van der Waals surface area contributed by atoms with Crippen molar-refractivity contribution in [3.8, 4) is 0 Å². The van der Waals surface area contributed by atoms with Crippen LogP contribution in [0, 0.1) is 11.8 Å². The zero-order valence-corrected chi connectivity index (χ0v) is 10.7. The normalized spacial score (nSPS) is 29.6. The molecule has 1 fully saturated rings. The third kappa shape index (κ3) is 4.48. The maximum absolute atomic E-state index is 12.5. The first-order chi connectivity index (χ1) is 8.20. The minimum absolute atomic E-state index is 0.107. The molecule has 1 rings (SSSR count). The number of carboxylic acid groups (broad SMARTS) is 1. The molecule has 6 heteroatoms. The smallest absolute Gasteiger partial charge is 0.401 e. The highest BCUT2D eigenvalue weighted by atomic mass is 19.4. The van der Waals surface area contributed by atoms with Crippen LogP contribution in [0.5, 0.6) is 0 Å². The van der Waals surface area contributed by atoms with Gasteiger partial charge in [-0.1, -0.05) is 20.3 Å². The summed E-state index contributed by atoms with van der Waals surface area (Å²) in [5, 5.41) is 8.77. The second kappa shape index (κ2) is 5.91. The van der Waals surface area contributed by atoms with E-state index in [2.05, 4.69) is 0 Å². The molecule has 0 heterocycles. The molecule has 0 amide bonds. The number of halogens is 3. The van der Waals surface area contributed by atoms with Crippen LogP contribution >= 0.6 is 0 Å². The molecule has 0 bridgehead atoms. The quantitative estimate of drug-likeness (QED) is 0.851. The van der Waals surface area contributed by atoms with Gasteiger partial charge in [-0.25, -0.2) is 0 Å². The number of hydrogen-bond acceptors (Lipinski definition) is 2. The van der Waals surface area contributed by atoms with Crippen molar-refractivity contribution in [2.45, 2.75) is 45.3 Å². The summed E-state index contributed by atoms with van der Waals surface area (Å²) in [6, 6.07) is -0.295. The van der Waals surface area contributed by atoms with Crippen LogP contribution < -0.4 is 0 Å². The number of nitrogens with zero attached hydrogens (tertiary/aromatic N) is 1. The molecule has 2 unspecified atom stereocenters. The number of carbonyl (C=O) groups is 1. The van der Waals surface area contributed by atoms with E-state index in [1.54, 1.807) is 0 Å². The largest absolute Gasteiger partial charge is 0.480 e. The monoisotopic (exact) mass is 267 g/mol. The predicted octanol–water partition coefficient (Wildman–Crippen LogP) is 2.76. The van der Waals surface area contributed by atoms with Gasteiger partial charge in [0, 0.05) is 6.04 Å². The van der Waals surface area contributed by atoms with Crippen LogP contribution in [0.25, 0.3) is 0 Å². The molecule has 0 saturated heterocycles. The number of carboxylic acids is 1. The van der Waals surface area contributed by atoms with E-state index in [0.717, 1.165) is 24.2 Å². The van der Waals surface area contributed by atoms with Crippen LogP contribution in [-0.4, -0.2) is 41.3 Å². The van der Waals surface area contributed by atoms with Crippen LogP contribution in [0.2, 0.25) is 0 Å². The van der Waals surface area contributed by atoms with Crippen molar-refractivity contribution >= 4 is 5.97 Å². The summed E-state index contributed by atoms with van der Waals surface area (Å²) in [6.07, 6.45) is -1.62. The van der Waals surface area contributed by atoms with Gasteiger partial charge in [0.1, 0.15) is 0 Å². The summed E-state index contributed by atoms with van der Waals surface area (Å²) in [7, 11) is 0. The molecule has 1 saturated carbocycles. The van der Waals surface area contributed by atoms with Crippen LogP contribution in [0.15, 0.2) is 0 Å². The Hall–Kier alpha value is -0.780. The maximum Gasteiger partial charge on any atom is 0.401 e. The summed E-state index contributed by atoms with van der Waals surface area (Å²) >= 11 is 0. The summed E-state index contributed by atoms with van der Waals surface area (Å²) < 4.78 is 37.6. The zero-order chi connectivity index (χ0) is 13.9. The Morgan fingerprint density at radius 1 is 1.28 bits per heavy atom. The van der Waals surface area contributed by atoms with E-state index in [9.17, 15) is 18.0 Å². The highest BCUT2D eigenvalue weighted by Gasteiger charge is 2.39. The molecule has 0 aromatic carbocycles. The molecule has 0 spiro atoms. The van der Waals surface area contributed by atoms with E-state index in [-0.39, 0.29) is 17.9 Å². The van der Waals surface area contributed by atoms with Gasteiger partial charge >= 0.3 is 12.1 Å². The van der Waals surface area contributed by atoms with Crippen molar-refractivity contribution in [2.75, 3.05) is 13.1 Å². The molecule has 1 aliphatic rings. The van der Waals surface area contributed by atoms with E-state index >= 15 is 0 Å². The number of rotatable bonds is 4. The van der Waals surface area contributed by atoms with Gasteiger partial charge < -0.3 is 5.11 Å². The van der Waals surface area contributed by atoms with Gasteiger partial charge in [0.15, 0.2) is 0 Å². The number of hydrogen-bond donors (Lipinski definition) is 1. The van der Waals surface area contributed by atoms with Crippen molar-refractivity contribution in [2.24, 2.45) is 11.8 Å². The number of aliphatic carboxylic acids is 1. The van der Waals surface area contributed by atoms with Gasteiger partial charge in [0.25, 0.3) is 0 Å². The van der Waals surface area contributed by atoms with Crippen LogP contribution in [0.4, 0.5) is 13.2 Å². The zero-order valence-electron chi connectivity index (χ0n) is 10.7. The summed E-state index contributed by atoms with van der Waals surface area (Å²) in [4.78, 5) is 11.8. The van der Waals surface area contributed by atoms with Crippen molar-refractivity contribution < 1.29 is 23.1 Å². The summed E-state index contributed by atoms with van der Waals surface area (Å²) in [6.45, 7) is 2.13. The average Bonchev–Trinajstić information content (AvgIpc) is 2.13. The standard InChI is InChI=1S/C12H20F3NO2/c1-8-4-3-5-9(2)11(8)16(6-10(17)18)7-12(13,14)15/h8-9,11H,3-7H2,1-2H3,(H,17,18). The fourth-order valence-corrected chi connectivity index (χ4v) is 3.05. The Labute approximate surface area is 105 Å². The fourth-order valence-electron chi connectivity index (χ4n) is 3.05. The Kier molecular flexibility index (Phi) is 5.01. The summed E-state index contributed by atoms with van der Waals surface area (Å²) in [5.41, 5.74) is 0. The van der Waals surface area contributed by atoms with Gasteiger partial charge in [-0.15, -0.1) is 0 Å². The first-order valence-corrected chi connectivity index (χ1v) is 6.23. The van der Waals surface area contributed by atoms with Crippen molar-refractivity contribution in [3.05, 3.63) is 0 Å². The van der Waals surface area contributed by atoms with Crippen molar-refractivity contribution in [1.82, 2.24) is 4.90 Å². The second-order valence-electron chi connectivity index (χ2n) is 5.29. The van der Waals surface area contributed by atoms with Gasteiger partial charge in [0.05, 0.1) is 13.1 Å². The lowest BCUT2D eigenvalue weighted by molar-refractivity contribution is -0.163. The molecule has 0 aromatic heterocycles. The molecule has 0 aliphatic heterocycles. The SMILES string of the molecule is CC1CCCC(C)C1N(CC(=O)O)CC(F)(F)F. The van der Waals surface area contributed by atoms with E-state index in [1.165, 1.54) is 0 Å². The van der Waals surface area contributed by atoms with Gasteiger partial charge in [-0.3, -0.25) is 9.69 Å². The molecule has 2 atom stereocenters. The van der Waals surface area contributed by atoms with Gasteiger partial charge in [-0.05, 0) is 24.7 Å². The third-order valence-electron chi connectivity index (χ3n) is 3.63. The molecule has 106 valence electrons.